The van der Waals surface area contributed by atoms with Crippen molar-refractivity contribution in [1.82, 2.24) is 20.9 Å². The van der Waals surface area contributed by atoms with Crippen LogP contribution in [-0.2, 0) is 6.54 Å². The number of methoxy groups -OCH3 is 1. The minimum Gasteiger partial charge on any atom is -0.497 e. The van der Waals surface area contributed by atoms with Crippen LogP contribution in [0.25, 0.3) is 0 Å². The van der Waals surface area contributed by atoms with E-state index in [1.165, 1.54) is 18.4 Å². The molecule has 0 bridgehead atoms. The zero-order valence-corrected chi connectivity index (χ0v) is 21.2. The third-order valence-electron chi connectivity index (χ3n) is 5.49. The molecule has 3 rings (SSSR count). The summed E-state index contributed by atoms with van der Waals surface area (Å²) in [5, 5.41) is 9.61. The van der Waals surface area contributed by atoms with E-state index in [0.717, 1.165) is 25.6 Å². The van der Waals surface area contributed by atoms with Crippen LogP contribution in [0.5, 0.6) is 5.75 Å². The first kappa shape index (κ1) is 25.9. The molecule has 1 unspecified atom stereocenters. The Morgan fingerprint density at radius 2 is 1.88 bits per heavy atom. The molecule has 1 saturated heterocycles. The number of rotatable bonds is 9. The molecule has 0 aliphatic carbocycles. The molecule has 1 aliphatic heterocycles. The fraction of sp³-hybridized carbons (Fsp3) is 0.417. The Kier molecular flexibility index (Phi) is 11.3. The molecule has 3 N–H and O–H groups in total. The van der Waals surface area contributed by atoms with Crippen molar-refractivity contribution in [2.24, 2.45) is 4.99 Å². The summed E-state index contributed by atoms with van der Waals surface area (Å²) in [5.41, 5.74) is 1.94. The summed E-state index contributed by atoms with van der Waals surface area (Å²) in [6, 6.07) is 18.2. The molecule has 1 atom stereocenters. The largest absolute Gasteiger partial charge is 0.497 e. The number of ether oxygens (including phenoxy) is 1. The molecule has 32 heavy (non-hydrogen) atoms. The highest BCUT2D eigenvalue weighted by Gasteiger charge is 2.24. The highest BCUT2D eigenvalue weighted by atomic mass is 127. The van der Waals surface area contributed by atoms with Crippen molar-refractivity contribution in [1.29, 1.82) is 0 Å². The maximum atomic E-state index is 12.3. The third-order valence-corrected chi connectivity index (χ3v) is 5.49. The number of aliphatic imine (C=N–C) groups is 1. The molecule has 0 aromatic heterocycles. The van der Waals surface area contributed by atoms with Gasteiger partial charge in [-0.3, -0.25) is 14.7 Å². The number of carbonyl (C=O) groups excluding carboxylic acids is 1. The van der Waals surface area contributed by atoms with Crippen LogP contribution in [-0.4, -0.2) is 63.1 Å². The summed E-state index contributed by atoms with van der Waals surface area (Å²) < 4.78 is 5.17. The van der Waals surface area contributed by atoms with Crippen LogP contribution in [0.15, 0.2) is 59.6 Å². The summed E-state index contributed by atoms with van der Waals surface area (Å²) >= 11 is 0. The standard InChI is InChI=1S/C24H33N5O2.HI/c1-25-24(27-14-13-26-23(30)20-10-6-12-22(16-20)31-2)28-17-21-11-7-15-29(21)18-19-8-4-3-5-9-19;/h3-6,8-10,12,16,21H,7,11,13-15,17-18H2,1-2H3,(H,26,30)(H2,25,27,28);1H. The van der Waals surface area contributed by atoms with E-state index in [2.05, 4.69) is 56.2 Å². The van der Waals surface area contributed by atoms with E-state index in [0.29, 0.717) is 30.4 Å². The van der Waals surface area contributed by atoms with E-state index in [-0.39, 0.29) is 29.9 Å². The van der Waals surface area contributed by atoms with Crippen molar-refractivity contribution in [2.45, 2.75) is 25.4 Å². The molecule has 1 heterocycles. The minimum atomic E-state index is -0.119. The third kappa shape index (κ3) is 7.98. The molecule has 1 aliphatic rings. The van der Waals surface area contributed by atoms with Gasteiger partial charge in [-0.05, 0) is 43.1 Å². The fourth-order valence-electron chi connectivity index (χ4n) is 3.81. The topological polar surface area (TPSA) is 78.0 Å². The summed E-state index contributed by atoms with van der Waals surface area (Å²) in [7, 11) is 3.35. The lowest BCUT2D eigenvalue weighted by molar-refractivity contribution is 0.0954. The Morgan fingerprint density at radius 1 is 1.09 bits per heavy atom. The average molecular weight is 551 g/mol. The van der Waals surface area contributed by atoms with Crippen molar-refractivity contribution >= 4 is 35.8 Å². The molecule has 2 aromatic rings. The summed E-state index contributed by atoms with van der Waals surface area (Å²) in [6.07, 6.45) is 2.41. The molecule has 2 aromatic carbocycles. The van der Waals surface area contributed by atoms with Crippen molar-refractivity contribution in [3.8, 4) is 5.75 Å². The van der Waals surface area contributed by atoms with Gasteiger partial charge in [0, 0.05) is 44.8 Å². The molecule has 7 nitrogen and oxygen atoms in total. The van der Waals surface area contributed by atoms with Crippen LogP contribution in [0.3, 0.4) is 0 Å². The van der Waals surface area contributed by atoms with Crippen molar-refractivity contribution in [3.05, 3.63) is 65.7 Å². The Bertz CT molecular complexity index is 862. The lowest BCUT2D eigenvalue weighted by atomic mass is 10.2. The smallest absolute Gasteiger partial charge is 0.251 e. The number of nitrogens with zero attached hydrogens (tertiary/aromatic N) is 2. The highest BCUT2D eigenvalue weighted by molar-refractivity contribution is 14.0. The number of hydrogen-bond donors (Lipinski definition) is 3. The molecule has 0 saturated carbocycles. The normalized spacial score (nSPS) is 16.2. The van der Waals surface area contributed by atoms with Gasteiger partial charge in [0.2, 0.25) is 0 Å². The Labute approximate surface area is 208 Å². The number of hydrogen-bond acceptors (Lipinski definition) is 4. The van der Waals surface area contributed by atoms with Gasteiger partial charge in [-0.25, -0.2) is 0 Å². The number of guanidine groups is 1. The average Bonchev–Trinajstić information content (AvgIpc) is 3.26. The maximum Gasteiger partial charge on any atom is 0.251 e. The second-order valence-electron chi connectivity index (χ2n) is 7.62. The number of likely N-dealkylation sites (tertiary alicyclic amines) is 1. The number of amides is 1. The van der Waals surface area contributed by atoms with Crippen LogP contribution < -0.4 is 20.7 Å². The molecule has 1 amide bonds. The number of carbonyl (C=O) groups is 1. The van der Waals surface area contributed by atoms with Crippen LogP contribution in [0.4, 0.5) is 0 Å². The van der Waals surface area contributed by atoms with Gasteiger partial charge in [0.15, 0.2) is 5.96 Å². The Balaban J connectivity index is 0.00000363. The maximum absolute atomic E-state index is 12.3. The van der Waals surface area contributed by atoms with Gasteiger partial charge < -0.3 is 20.7 Å². The van der Waals surface area contributed by atoms with Crippen molar-refractivity contribution in [3.63, 3.8) is 0 Å². The molecule has 0 spiro atoms. The van der Waals surface area contributed by atoms with E-state index in [1.54, 1.807) is 26.3 Å². The van der Waals surface area contributed by atoms with E-state index >= 15 is 0 Å². The van der Waals surface area contributed by atoms with E-state index in [4.69, 9.17) is 4.74 Å². The molecule has 174 valence electrons. The van der Waals surface area contributed by atoms with Crippen LogP contribution in [0.1, 0.15) is 28.8 Å². The molecule has 8 heteroatoms. The molecule has 1 fully saturated rings. The highest BCUT2D eigenvalue weighted by Crippen LogP contribution is 2.19. The molecular formula is C24H34IN5O2. The predicted octanol–water partition coefficient (Wildman–Crippen LogP) is 2.87. The van der Waals surface area contributed by atoms with Gasteiger partial charge in [0.1, 0.15) is 5.75 Å². The van der Waals surface area contributed by atoms with E-state index in [1.807, 2.05) is 12.1 Å². The van der Waals surface area contributed by atoms with Crippen LogP contribution in [0.2, 0.25) is 0 Å². The summed E-state index contributed by atoms with van der Waals surface area (Å²) in [4.78, 5) is 19.1. The second-order valence-corrected chi connectivity index (χ2v) is 7.62. The first-order valence-electron chi connectivity index (χ1n) is 10.8. The SMILES string of the molecule is CN=C(NCCNC(=O)c1cccc(OC)c1)NCC1CCCN1Cc1ccccc1.I. The molecule has 0 radical (unpaired) electrons. The quantitative estimate of drug-likeness (QED) is 0.194. The lowest BCUT2D eigenvalue weighted by Gasteiger charge is -2.25. The van der Waals surface area contributed by atoms with Crippen LogP contribution in [0, 0.1) is 0 Å². The summed E-state index contributed by atoms with van der Waals surface area (Å²) in [6.45, 7) is 4.05. The lowest BCUT2D eigenvalue weighted by Crippen LogP contribution is -2.46. The van der Waals surface area contributed by atoms with Gasteiger partial charge in [-0.2, -0.15) is 0 Å². The summed E-state index contributed by atoms with van der Waals surface area (Å²) in [5.74, 6) is 1.30. The monoisotopic (exact) mass is 551 g/mol. The zero-order chi connectivity index (χ0) is 21.9. The van der Waals surface area contributed by atoms with Gasteiger partial charge in [0.05, 0.1) is 7.11 Å². The number of halogens is 1. The van der Waals surface area contributed by atoms with Gasteiger partial charge in [-0.15, -0.1) is 24.0 Å². The minimum absolute atomic E-state index is 0. The number of benzene rings is 2. The second kappa shape index (κ2) is 13.9. The van der Waals surface area contributed by atoms with Crippen LogP contribution >= 0.6 is 24.0 Å². The Hall–Kier alpha value is -2.33. The van der Waals surface area contributed by atoms with Gasteiger partial charge >= 0.3 is 0 Å². The van der Waals surface area contributed by atoms with Crippen molar-refractivity contribution < 1.29 is 9.53 Å². The molecular weight excluding hydrogens is 517 g/mol. The van der Waals surface area contributed by atoms with E-state index < -0.39 is 0 Å². The Morgan fingerprint density at radius 3 is 2.62 bits per heavy atom. The zero-order valence-electron chi connectivity index (χ0n) is 18.8. The fourth-order valence-corrected chi connectivity index (χ4v) is 3.81. The van der Waals surface area contributed by atoms with Crippen molar-refractivity contribution in [2.75, 3.05) is 40.3 Å². The predicted molar refractivity (Wildman–Crippen MR) is 140 cm³/mol. The number of nitrogens with one attached hydrogen (secondary N) is 3. The first-order valence-corrected chi connectivity index (χ1v) is 10.8. The van der Waals surface area contributed by atoms with E-state index in [9.17, 15) is 4.79 Å². The van der Waals surface area contributed by atoms with Gasteiger partial charge in [-0.1, -0.05) is 36.4 Å². The van der Waals surface area contributed by atoms with Gasteiger partial charge in [0.25, 0.3) is 5.91 Å². The first-order chi connectivity index (χ1) is 15.2.